The lowest BCUT2D eigenvalue weighted by Gasteiger charge is -2.13. The Bertz CT molecular complexity index is 974. The summed E-state index contributed by atoms with van der Waals surface area (Å²) in [6.07, 6.45) is 1.46. The van der Waals surface area contributed by atoms with Crippen molar-refractivity contribution >= 4 is 11.9 Å². The van der Waals surface area contributed by atoms with Crippen LogP contribution >= 0.6 is 0 Å². The summed E-state index contributed by atoms with van der Waals surface area (Å²) < 4.78 is 11.2. The Labute approximate surface area is 169 Å². The molecule has 29 heavy (non-hydrogen) atoms. The van der Waals surface area contributed by atoms with Gasteiger partial charge in [-0.2, -0.15) is 5.26 Å². The predicted octanol–water partition coefficient (Wildman–Crippen LogP) is 4.50. The van der Waals surface area contributed by atoms with Gasteiger partial charge in [-0.1, -0.05) is 50.3 Å². The first-order valence-corrected chi connectivity index (χ1v) is 9.17. The number of para-hydroxylation sites is 1. The minimum Gasteiger partial charge on any atom is -0.478 e. The SMILES string of the molecule is CC1(C)[C@H](C(=O)O[C@H](C#N)c2cccc(Oc3ccccc3)c2)[C@@H]1/C=C\C(=O)O. The van der Waals surface area contributed by atoms with Crippen molar-refractivity contribution in [3.63, 3.8) is 0 Å². The van der Waals surface area contributed by atoms with E-state index in [1.54, 1.807) is 24.3 Å². The van der Waals surface area contributed by atoms with Crippen LogP contribution in [0.5, 0.6) is 11.5 Å². The Balaban J connectivity index is 1.70. The van der Waals surface area contributed by atoms with Crippen LogP contribution in [0.3, 0.4) is 0 Å². The molecule has 0 heterocycles. The number of esters is 1. The molecule has 6 heteroatoms. The smallest absolute Gasteiger partial charge is 0.327 e. The fourth-order valence-electron chi connectivity index (χ4n) is 3.40. The van der Waals surface area contributed by atoms with E-state index < -0.39 is 29.4 Å². The maximum atomic E-state index is 12.6. The van der Waals surface area contributed by atoms with Crippen molar-refractivity contribution in [2.24, 2.45) is 17.3 Å². The Morgan fingerprint density at radius 3 is 2.48 bits per heavy atom. The highest BCUT2D eigenvalue weighted by molar-refractivity contribution is 5.82. The number of ether oxygens (including phenoxy) is 2. The molecule has 6 nitrogen and oxygen atoms in total. The van der Waals surface area contributed by atoms with Gasteiger partial charge in [0.1, 0.15) is 17.6 Å². The van der Waals surface area contributed by atoms with Gasteiger partial charge in [0.2, 0.25) is 6.10 Å². The standard InChI is InChI=1S/C23H21NO5/c1-23(2)18(11-12-20(25)26)21(23)22(27)29-19(14-24)15-7-6-10-17(13-15)28-16-8-4-3-5-9-16/h3-13,18-19,21H,1-2H3,(H,25,26)/b12-11-/t18-,19+,21-/m0/s1. The molecule has 0 radical (unpaired) electrons. The summed E-state index contributed by atoms with van der Waals surface area (Å²) in [5, 5.41) is 18.3. The molecule has 1 aliphatic carbocycles. The highest BCUT2D eigenvalue weighted by Gasteiger charge is 2.61. The van der Waals surface area contributed by atoms with Gasteiger partial charge in [-0.05, 0) is 35.6 Å². The fourth-order valence-corrected chi connectivity index (χ4v) is 3.40. The predicted molar refractivity (Wildman–Crippen MR) is 105 cm³/mol. The quantitative estimate of drug-likeness (QED) is 0.551. The van der Waals surface area contributed by atoms with Crippen LogP contribution in [0.2, 0.25) is 0 Å². The number of carboxylic acids is 1. The van der Waals surface area contributed by atoms with E-state index in [9.17, 15) is 14.9 Å². The van der Waals surface area contributed by atoms with Gasteiger partial charge in [0.05, 0.1) is 5.92 Å². The lowest BCUT2D eigenvalue weighted by Crippen LogP contribution is -2.14. The number of hydrogen-bond acceptors (Lipinski definition) is 5. The van der Waals surface area contributed by atoms with E-state index in [1.165, 1.54) is 6.08 Å². The van der Waals surface area contributed by atoms with Crippen molar-refractivity contribution in [2.75, 3.05) is 0 Å². The molecule has 0 aliphatic heterocycles. The van der Waals surface area contributed by atoms with E-state index >= 15 is 0 Å². The third-order valence-corrected chi connectivity index (χ3v) is 5.10. The number of carbonyl (C=O) groups is 2. The molecule has 1 fully saturated rings. The summed E-state index contributed by atoms with van der Waals surface area (Å²) in [6, 6.07) is 18.1. The number of hydrogen-bond donors (Lipinski definition) is 1. The maximum absolute atomic E-state index is 12.6. The van der Waals surface area contributed by atoms with E-state index in [1.807, 2.05) is 50.2 Å². The van der Waals surface area contributed by atoms with Crippen molar-refractivity contribution in [1.29, 1.82) is 5.26 Å². The topological polar surface area (TPSA) is 96.6 Å². The third-order valence-electron chi connectivity index (χ3n) is 5.10. The van der Waals surface area contributed by atoms with Crippen molar-refractivity contribution < 1.29 is 24.2 Å². The number of rotatable bonds is 7. The number of aliphatic carboxylic acids is 1. The summed E-state index contributed by atoms with van der Waals surface area (Å²) in [5.41, 5.74) is 0.0896. The maximum Gasteiger partial charge on any atom is 0.327 e. The number of allylic oxidation sites excluding steroid dienone is 1. The van der Waals surface area contributed by atoms with Gasteiger partial charge in [-0.15, -0.1) is 0 Å². The number of nitriles is 1. The minimum absolute atomic E-state index is 0.238. The van der Waals surface area contributed by atoms with Gasteiger partial charge in [0, 0.05) is 11.6 Å². The average molecular weight is 391 g/mol. The molecule has 0 aromatic heterocycles. The Hall–Kier alpha value is -3.59. The zero-order chi connectivity index (χ0) is 21.0. The molecule has 3 atom stereocenters. The van der Waals surface area contributed by atoms with Gasteiger partial charge in [-0.3, -0.25) is 4.79 Å². The lowest BCUT2D eigenvalue weighted by atomic mass is 10.1. The fraction of sp³-hybridized carbons (Fsp3) is 0.261. The Kier molecular flexibility index (Phi) is 5.69. The summed E-state index contributed by atoms with van der Waals surface area (Å²) >= 11 is 0. The number of nitrogens with zero attached hydrogens (tertiary/aromatic N) is 1. The van der Waals surface area contributed by atoms with Gasteiger partial charge in [0.25, 0.3) is 0 Å². The average Bonchev–Trinajstić information content (AvgIpc) is 3.26. The Morgan fingerprint density at radius 2 is 1.83 bits per heavy atom. The second kappa shape index (κ2) is 8.19. The van der Waals surface area contributed by atoms with E-state index in [0.29, 0.717) is 17.1 Å². The highest BCUT2D eigenvalue weighted by Crippen LogP contribution is 2.59. The second-order valence-electron chi connectivity index (χ2n) is 7.46. The van der Waals surface area contributed by atoms with Crippen molar-refractivity contribution in [1.82, 2.24) is 0 Å². The van der Waals surface area contributed by atoms with Crippen LogP contribution in [0.1, 0.15) is 25.5 Å². The number of carboxylic acid groups (broad SMARTS) is 1. The van der Waals surface area contributed by atoms with Crippen molar-refractivity contribution in [2.45, 2.75) is 20.0 Å². The van der Waals surface area contributed by atoms with Crippen molar-refractivity contribution in [3.05, 3.63) is 72.3 Å². The van der Waals surface area contributed by atoms with Crippen LogP contribution in [0.4, 0.5) is 0 Å². The zero-order valence-electron chi connectivity index (χ0n) is 16.1. The zero-order valence-corrected chi connectivity index (χ0v) is 16.1. The second-order valence-corrected chi connectivity index (χ2v) is 7.46. The molecular formula is C23H21NO5. The first-order valence-electron chi connectivity index (χ1n) is 9.17. The molecule has 2 aromatic carbocycles. The number of carbonyl (C=O) groups excluding carboxylic acids is 1. The van der Waals surface area contributed by atoms with Crippen LogP contribution < -0.4 is 4.74 Å². The van der Waals surface area contributed by atoms with E-state index in [-0.39, 0.29) is 5.92 Å². The van der Waals surface area contributed by atoms with E-state index in [4.69, 9.17) is 14.6 Å². The monoisotopic (exact) mass is 391 g/mol. The van der Waals surface area contributed by atoms with Crippen LogP contribution in [0, 0.1) is 28.6 Å². The molecule has 0 spiro atoms. The largest absolute Gasteiger partial charge is 0.478 e. The van der Waals surface area contributed by atoms with E-state index in [0.717, 1.165) is 6.08 Å². The van der Waals surface area contributed by atoms with Gasteiger partial charge in [0.15, 0.2) is 0 Å². The summed E-state index contributed by atoms with van der Waals surface area (Å²) in [5.74, 6) is -1.13. The molecule has 2 aromatic rings. The first-order chi connectivity index (χ1) is 13.8. The molecular weight excluding hydrogens is 370 g/mol. The molecule has 0 amide bonds. The van der Waals surface area contributed by atoms with Gasteiger partial charge in [-0.25, -0.2) is 4.79 Å². The molecule has 0 bridgehead atoms. The van der Waals surface area contributed by atoms with Crippen LogP contribution in [-0.4, -0.2) is 17.0 Å². The van der Waals surface area contributed by atoms with E-state index in [2.05, 4.69) is 0 Å². The van der Waals surface area contributed by atoms with Crippen LogP contribution in [0.25, 0.3) is 0 Å². The third kappa shape index (κ3) is 4.64. The van der Waals surface area contributed by atoms with Gasteiger partial charge < -0.3 is 14.6 Å². The molecule has 3 rings (SSSR count). The molecule has 1 aliphatic rings. The highest BCUT2D eigenvalue weighted by atomic mass is 16.5. The summed E-state index contributed by atoms with van der Waals surface area (Å²) in [6.45, 7) is 3.73. The molecule has 0 unspecified atom stereocenters. The summed E-state index contributed by atoms with van der Waals surface area (Å²) in [4.78, 5) is 23.3. The van der Waals surface area contributed by atoms with Crippen molar-refractivity contribution in [3.8, 4) is 17.6 Å². The molecule has 148 valence electrons. The number of benzene rings is 2. The minimum atomic E-state index is -1.08. The molecule has 0 saturated heterocycles. The normalized spacial score (nSPS) is 20.4. The lowest BCUT2D eigenvalue weighted by molar-refractivity contribution is -0.149. The molecule has 1 saturated carbocycles. The summed E-state index contributed by atoms with van der Waals surface area (Å²) in [7, 11) is 0. The van der Waals surface area contributed by atoms with Crippen LogP contribution in [0.15, 0.2) is 66.7 Å². The first kappa shape index (κ1) is 20.2. The molecule has 1 N–H and O–H groups in total. The van der Waals surface area contributed by atoms with Gasteiger partial charge >= 0.3 is 11.9 Å². The Morgan fingerprint density at radius 1 is 1.14 bits per heavy atom. The van der Waals surface area contributed by atoms with Crippen LogP contribution in [-0.2, 0) is 14.3 Å².